The van der Waals surface area contributed by atoms with Crippen molar-refractivity contribution in [1.29, 1.82) is 0 Å². The fourth-order valence-corrected chi connectivity index (χ4v) is 2.74. The summed E-state index contributed by atoms with van der Waals surface area (Å²) < 4.78 is 29.8. The first-order valence-corrected chi connectivity index (χ1v) is 6.41. The van der Waals surface area contributed by atoms with Crippen LogP contribution in [0.1, 0.15) is 13.8 Å². The van der Waals surface area contributed by atoms with E-state index in [2.05, 4.69) is 14.9 Å². The van der Waals surface area contributed by atoms with Crippen molar-refractivity contribution in [2.75, 3.05) is 13.7 Å². The van der Waals surface area contributed by atoms with E-state index in [9.17, 15) is 13.2 Å². The fourth-order valence-electron chi connectivity index (χ4n) is 1.25. The molecular formula is C9H15N3O4S. The molecule has 0 aromatic carbocycles. The van der Waals surface area contributed by atoms with Crippen LogP contribution in [0.3, 0.4) is 0 Å². The van der Waals surface area contributed by atoms with Crippen molar-refractivity contribution in [1.82, 2.24) is 14.5 Å². The van der Waals surface area contributed by atoms with E-state index in [4.69, 9.17) is 0 Å². The molecule has 17 heavy (non-hydrogen) atoms. The van der Waals surface area contributed by atoms with Gasteiger partial charge in [0.15, 0.2) is 0 Å². The summed E-state index contributed by atoms with van der Waals surface area (Å²) in [5.41, 5.74) is 0. The monoisotopic (exact) mass is 261 g/mol. The lowest BCUT2D eigenvalue weighted by atomic mass is 10.4. The van der Waals surface area contributed by atoms with E-state index in [1.807, 2.05) is 0 Å². The van der Waals surface area contributed by atoms with Crippen molar-refractivity contribution in [2.24, 2.45) is 0 Å². The van der Waals surface area contributed by atoms with Crippen molar-refractivity contribution in [3.8, 4) is 0 Å². The van der Waals surface area contributed by atoms with E-state index in [1.54, 1.807) is 13.8 Å². The largest absolute Gasteiger partial charge is 0.468 e. The number of ether oxygens (including phenoxy) is 1. The SMILES string of the molecule is COC(=O)CN(C(C)C)S(=O)(=O)c1cn[nH]c1. The lowest BCUT2D eigenvalue weighted by Gasteiger charge is -2.23. The zero-order valence-corrected chi connectivity index (χ0v) is 10.7. The van der Waals surface area contributed by atoms with Gasteiger partial charge in [-0.25, -0.2) is 8.42 Å². The van der Waals surface area contributed by atoms with Gasteiger partial charge in [0.1, 0.15) is 11.4 Å². The molecule has 7 nitrogen and oxygen atoms in total. The van der Waals surface area contributed by atoms with Crippen molar-refractivity contribution in [3.63, 3.8) is 0 Å². The van der Waals surface area contributed by atoms with Crippen LogP contribution in [0.5, 0.6) is 0 Å². The molecule has 0 aliphatic heterocycles. The Morgan fingerprint density at radius 3 is 2.65 bits per heavy atom. The molecule has 0 bridgehead atoms. The molecule has 0 unspecified atom stereocenters. The molecule has 1 N–H and O–H groups in total. The van der Waals surface area contributed by atoms with Crippen LogP contribution >= 0.6 is 0 Å². The molecule has 0 saturated carbocycles. The highest BCUT2D eigenvalue weighted by molar-refractivity contribution is 7.89. The minimum atomic E-state index is -3.72. The second kappa shape index (κ2) is 5.28. The Labute approximate surface area is 99.8 Å². The Morgan fingerprint density at radius 2 is 2.24 bits per heavy atom. The average molecular weight is 261 g/mol. The van der Waals surface area contributed by atoms with Crippen LogP contribution in [-0.2, 0) is 19.6 Å². The minimum absolute atomic E-state index is 0.0232. The Morgan fingerprint density at radius 1 is 1.59 bits per heavy atom. The van der Waals surface area contributed by atoms with E-state index in [-0.39, 0.29) is 17.5 Å². The lowest BCUT2D eigenvalue weighted by molar-refractivity contribution is -0.141. The summed E-state index contributed by atoms with van der Waals surface area (Å²) >= 11 is 0. The maximum atomic E-state index is 12.1. The third-order valence-corrected chi connectivity index (χ3v) is 4.16. The summed E-state index contributed by atoms with van der Waals surface area (Å²) in [6, 6.07) is -0.353. The number of carbonyl (C=O) groups excluding carboxylic acids is 1. The summed E-state index contributed by atoms with van der Waals surface area (Å²) in [6.45, 7) is 3.04. The molecule has 0 spiro atoms. The normalized spacial score (nSPS) is 12.1. The van der Waals surface area contributed by atoms with Gasteiger partial charge >= 0.3 is 5.97 Å². The molecule has 0 saturated heterocycles. The number of nitrogens with one attached hydrogen (secondary N) is 1. The number of rotatable bonds is 5. The number of esters is 1. The molecule has 0 aliphatic rings. The summed E-state index contributed by atoms with van der Waals surface area (Å²) in [5, 5.41) is 6.01. The molecule has 0 fully saturated rings. The van der Waals surface area contributed by atoms with Gasteiger partial charge in [0.05, 0.1) is 13.3 Å². The lowest BCUT2D eigenvalue weighted by Crippen LogP contribution is -2.40. The van der Waals surface area contributed by atoms with E-state index >= 15 is 0 Å². The molecule has 1 heterocycles. The quantitative estimate of drug-likeness (QED) is 0.752. The van der Waals surface area contributed by atoms with Crippen molar-refractivity contribution in [2.45, 2.75) is 24.8 Å². The van der Waals surface area contributed by atoms with E-state index in [0.29, 0.717) is 0 Å². The molecule has 1 aromatic heterocycles. The number of hydrogen-bond donors (Lipinski definition) is 1. The molecule has 0 radical (unpaired) electrons. The molecule has 1 rings (SSSR count). The molecular weight excluding hydrogens is 246 g/mol. The predicted octanol–water partition coefficient (Wildman–Crippen LogP) is -0.0182. The maximum Gasteiger partial charge on any atom is 0.321 e. The fraction of sp³-hybridized carbons (Fsp3) is 0.556. The average Bonchev–Trinajstić information content (AvgIpc) is 2.78. The number of sulfonamides is 1. The number of nitrogens with zero attached hydrogens (tertiary/aromatic N) is 2. The minimum Gasteiger partial charge on any atom is -0.468 e. The first kappa shape index (κ1) is 13.7. The van der Waals surface area contributed by atoms with Crippen LogP contribution in [0, 0.1) is 0 Å². The van der Waals surface area contributed by atoms with Crippen LogP contribution < -0.4 is 0 Å². The van der Waals surface area contributed by atoms with E-state index in [0.717, 1.165) is 4.31 Å². The second-order valence-corrected chi connectivity index (χ2v) is 5.54. The van der Waals surface area contributed by atoms with Crippen molar-refractivity contribution < 1.29 is 17.9 Å². The maximum absolute atomic E-state index is 12.1. The van der Waals surface area contributed by atoms with Gasteiger partial charge in [-0.15, -0.1) is 0 Å². The first-order chi connectivity index (χ1) is 7.89. The number of methoxy groups -OCH3 is 1. The highest BCUT2D eigenvalue weighted by Gasteiger charge is 2.29. The van der Waals surface area contributed by atoms with Crippen molar-refractivity contribution >= 4 is 16.0 Å². The van der Waals surface area contributed by atoms with Crippen LogP contribution in [0.2, 0.25) is 0 Å². The molecule has 8 heteroatoms. The van der Waals surface area contributed by atoms with Gasteiger partial charge in [0.25, 0.3) is 0 Å². The van der Waals surface area contributed by atoms with Gasteiger partial charge in [-0.1, -0.05) is 0 Å². The van der Waals surface area contributed by atoms with Crippen LogP contribution in [-0.4, -0.2) is 48.6 Å². The highest BCUT2D eigenvalue weighted by Crippen LogP contribution is 2.16. The van der Waals surface area contributed by atoms with Crippen molar-refractivity contribution in [3.05, 3.63) is 12.4 Å². The highest BCUT2D eigenvalue weighted by atomic mass is 32.2. The predicted molar refractivity (Wildman–Crippen MR) is 59.6 cm³/mol. The molecule has 96 valence electrons. The topological polar surface area (TPSA) is 92.4 Å². The Hall–Kier alpha value is -1.41. The third-order valence-electron chi connectivity index (χ3n) is 2.17. The first-order valence-electron chi connectivity index (χ1n) is 4.97. The van der Waals surface area contributed by atoms with Gasteiger partial charge in [0.2, 0.25) is 10.0 Å². The summed E-state index contributed by atoms with van der Waals surface area (Å²) in [7, 11) is -2.51. The van der Waals surface area contributed by atoms with Gasteiger partial charge in [-0.05, 0) is 13.8 Å². The van der Waals surface area contributed by atoms with Gasteiger partial charge in [-0.3, -0.25) is 9.89 Å². The third kappa shape index (κ3) is 3.04. The number of hydrogen-bond acceptors (Lipinski definition) is 5. The van der Waals surface area contributed by atoms with Crippen LogP contribution in [0.25, 0.3) is 0 Å². The Balaban J connectivity index is 3.03. The number of carbonyl (C=O) groups is 1. The smallest absolute Gasteiger partial charge is 0.321 e. The van der Waals surface area contributed by atoms with Crippen LogP contribution in [0.15, 0.2) is 17.3 Å². The summed E-state index contributed by atoms with van der Waals surface area (Å²) in [4.78, 5) is 11.2. The van der Waals surface area contributed by atoms with Gasteiger partial charge in [0, 0.05) is 12.2 Å². The van der Waals surface area contributed by atoms with E-state index in [1.165, 1.54) is 19.5 Å². The Bertz CT molecular complexity index is 466. The molecule has 0 atom stereocenters. The number of aromatic amines is 1. The molecule has 0 amide bonds. The summed E-state index contributed by atoms with van der Waals surface area (Å²) in [6.07, 6.45) is 2.46. The number of aromatic nitrogens is 2. The van der Waals surface area contributed by atoms with Gasteiger partial charge < -0.3 is 4.74 Å². The second-order valence-electron chi connectivity index (χ2n) is 3.65. The van der Waals surface area contributed by atoms with Gasteiger partial charge in [-0.2, -0.15) is 9.40 Å². The summed E-state index contributed by atoms with van der Waals surface area (Å²) in [5.74, 6) is -0.606. The molecule has 1 aromatic rings. The zero-order valence-electron chi connectivity index (χ0n) is 9.87. The Kier molecular flexibility index (Phi) is 4.24. The van der Waals surface area contributed by atoms with E-state index < -0.39 is 16.0 Å². The zero-order chi connectivity index (χ0) is 13.1. The molecule has 0 aliphatic carbocycles. The standard InChI is InChI=1S/C9H15N3O4S/c1-7(2)12(6-9(13)16-3)17(14,15)8-4-10-11-5-8/h4-5,7H,6H2,1-3H3,(H,10,11). The van der Waals surface area contributed by atoms with Crippen LogP contribution in [0.4, 0.5) is 0 Å². The number of H-pyrrole nitrogens is 1.